The van der Waals surface area contributed by atoms with Gasteiger partial charge in [-0.05, 0) is 35.6 Å². The molecule has 0 bridgehead atoms. The van der Waals surface area contributed by atoms with Gasteiger partial charge < -0.3 is 15.3 Å². The van der Waals surface area contributed by atoms with Crippen molar-refractivity contribution in [3.8, 4) is 5.75 Å². The van der Waals surface area contributed by atoms with Crippen molar-refractivity contribution >= 4 is 11.3 Å². The lowest BCUT2D eigenvalue weighted by Crippen LogP contribution is -1.97. The van der Waals surface area contributed by atoms with Gasteiger partial charge in [0.2, 0.25) is 0 Å². The minimum atomic E-state index is -0.760. The molecule has 4 heteroatoms. The first-order chi connectivity index (χ1) is 11.1. The molecule has 2 rings (SSSR count). The molecule has 0 aliphatic carbocycles. The lowest BCUT2D eigenvalue weighted by atomic mass is 10.0. The van der Waals surface area contributed by atoms with Gasteiger partial charge in [0.1, 0.15) is 5.75 Å². The van der Waals surface area contributed by atoms with E-state index in [2.05, 4.69) is 5.73 Å². The summed E-state index contributed by atoms with van der Waals surface area (Å²) in [7, 11) is 0. The first-order valence-electron chi connectivity index (χ1n) is 7.72. The number of phenols is 1. The van der Waals surface area contributed by atoms with Crippen LogP contribution >= 0.6 is 11.3 Å². The Morgan fingerprint density at radius 2 is 1.96 bits per heavy atom. The molecule has 0 fully saturated rings. The number of rotatable bonds is 7. The number of thiophene rings is 1. The molecule has 122 valence electrons. The summed E-state index contributed by atoms with van der Waals surface area (Å²) in [6, 6.07) is 10.6. The van der Waals surface area contributed by atoms with Gasteiger partial charge in [-0.3, -0.25) is 0 Å². The second-order valence-corrected chi connectivity index (χ2v) is 6.33. The fourth-order valence-electron chi connectivity index (χ4n) is 2.33. The average Bonchev–Trinajstić information content (AvgIpc) is 3.08. The van der Waals surface area contributed by atoms with Crippen molar-refractivity contribution in [3.05, 3.63) is 69.6 Å². The Labute approximate surface area is 140 Å². The van der Waals surface area contributed by atoms with Crippen LogP contribution in [0.2, 0.25) is 0 Å². The molecule has 2 atom stereocenters. The van der Waals surface area contributed by atoms with Crippen LogP contribution in [-0.2, 0) is 0 Å². The van der Waals surface area contributed by atoms with Crippen molar-refractivity contribution < 1.29 is 15.3 Å². The smallest absolute Gasteiger partial charge is 0.121 e. The third-order valence-electron chi connectivity index (χ3n) is 3.68. The van der Waals surface area contributed by atoms with E-state index in [1.807, 2.05) is 24.4 Å². The van der Waals surface area contributed by atoms with Crippen LogP contribution in [0.25, 0.3) is 0 Å². The van der Waals surface area contributed by atoms with Gasteiger partial charge in [0.15, 0.2) is 0 Å². The third-order valence-corrected chi connectivity index (χ3v) is 4.65. The SMILES string of the molecule is CCC(=C=CC[C@@H](O)c1ccccc1O)C[C@@H](O)c1cccs1. The summed E-state index contributed by atoms with van der Waals surface area (Å²) in [5.74, 6) is 0.0983. The summed E-state index contributed by atoms with van der Waals surface area (Å²) < 4.78 is 0. The molecule has 3 nitrogen and oxygen atoms in total. The molecule has 0 aliphatic rings. The standard InChI is InChI=1S/C19H22O3S/c1-2-14(13-18(22)19-11-6-12-23-19)7-5-10-17(21)15-8-3-4-9-16(15)20/h3-6,8-9,11-12,17-18,20-22H,2,10,13H2,1H3/t7?,17-,18-/m1/s1. The van der Waals surface area contributed by atoms with Crippen LogP contribution in [0.5, 0.6) is 5.75 Å². The number of benzene rings is 1. The summed E-state index contributed by atoms with van der Waals surface area (Å²) in [5, 5.41) is 32.0. The van der Waals surface area contributed by atoms with Gasteiger partial charge in [-0.15, -0.1) is 17.1 Å². The molecule has 0 radical (unpaired) electrons. The van der Waals surface area contributed by atoms with Gasteiger partial charge in [0.05, 0.1) is 12.2 Å². The summed E-state index contributed by atoms with van der Waals surface area (Å²) in [4.78, 5) is 0.951. The fourth-order valence-corrected chi connectivity index (χ4v) is 3.04. The Morgan fingerprint density at radius 3 is 2.61 bits per heavy atom. The second kappa shape index (κ2) is 8.70. The molecular formula is C19H22O3S. The minimum Gasteiger partial charge on any atom is -0.508 e. The molecule has 0 saturated carbocycles. The number of aromatic hydroxyl groups is 1. The molecule has 0 aliphatic heterocycles. The highest BCUT2D eigenvalue weighted by molar-refractivity contribution is 7.10. The normalized spacial score (nSPS) is 13.2. The van der Waals surface area contributed by atoms with Gasteiger partial charge in [-0.1, -0.05) is 31.2 Å². The van der Waals surface area contributed by atoms with Crippen LogP contribution in [-0.4, -0.2) is 15.3 Å². The molecular weight excluding hydrogens is 308 g/mol. The van der Waals surface area contributed by atoms with Crippen LogP contribution in [0.1, 0.15) is 48.8 Å². The van der Waals surface area contributed by atoms with E-state index in [4.69, 9.17) is 0 Å². The summed E-state index contributed by atoms with van der Waals surface area (Å²) in [6.45, 7) is 2.02. The van der Waals surface area contributed by atoms with Crippen LogP contribution in [0.4, 0.5) is 0 Å². The third kappa shape index (κ3) is 5.08. The molecule has 0 amide bonds. The van der Waals surface area contributed by atoms with Gasteiger partial charge in [0.25, 0.3) is 0 Å². The van der Waals surface area contributed by atoms with Gasteiger partial charge in [-0.2, -0.15) is 0 Å². The Hall–Kier alpha value is -1.84. The highest BCUT2D eigenvalue weighted by Gasteiger charge is 2.11. The van der Waals surface area contributed by atoms with Crippen molar-refractivity contribution in [3.63, 3.8) is 0 Å². The minimum absolute atomic E-state index is 0.0983. The van der Waals surface area contributed by atoms with Gasteiger partial charge >= 0.3 is 0 Å². The Balaban J connectivity index is 2.00. The monoisotopic (exact) mass is 330 g/mol. The molecule has 0 spiro atoms. The predicted molar refractivity (Wildman–Crippen MR) is 93.5 cm³/mol. The zero-order valence-corrected chi connectivity index (χ0v) is 14.0. The maximum absolute atomic E-state index is 10.2. The van der Waals surface area contributed by atoms with E-state index < -0.39 is 12.2 Å². The zero-order chi connectivity index (χ0) is 16.7. The molecule has 0 saturated heterocycles. The van der Waals surface area contributed by atoms with Crippen molar-refractivity contribution in [2.24, 2.45) is 0 Å². The maximum Gasteiger partial charge on any atom is 0.121 e. The summed E-state index contributed by atoms with van der Waals surface area (Å²) >= 11 is 1.54. The highest BCUT2D eigenvalue weighted by Crippen LogP contribution is 2.27. The topological polar surface area (TPSA) is 60.7 Å². The summed E-state index contributed by atoms with van der Waals surface area (Å²) in [5.41, 5.74) is 4.70. The number of para-hydroxylation sites is 1. The highest BCUT2D eigenvalue weighted by atomic mass is 32.1. The lowest BCUT2D eigenvalue weighted by molar-refractivity contribution is 0.177. The lowest BCUT2D eigenvalue weighted by Gasteiger charge is -2.10. The molecule has 2 aromatic rings. The molecule has 3 N–H and O–H groups in total. The van der Waals surface area contributed by atoms with Crippen LogP contribution < -0.4 is 0 Å². The number of hydrogen-bond acceptors (Lipinski definition) is 4. The van der Waals surface area contributed by atoms with Crippen LogP contribution in [0.3, 0.4) is 0 Å². The van der Waals surface area contributed by atoms with E-state index in [1.165, 1.54) is 0 Å². The zero-order valence-electron chi connectivity index (χ0n) is 13.1. The number of phenolic OH excluding ortho intramolecular Hbond substituents is 1. The van der Waals surface area contributed by atoms with E-state index in [0.717, 1.165) is 16.9 Å². The molecule has 1 aromatic carbocycles. The molecule has 1 heterocycles. The van der Waals surface area contributed by atoms with Crippen LogP contribution in [0, 0.1) is 0 Å². The van der Waals surface area contributed by atoms with E-state index in [0.29, 0.717) is 18.4 Å². The maximum atomic E-state index is 10.2. The first kappa shape index (κ1) is 17.5. The second-order valence-electron chi connectivity index (χ2n) is 5.35. The number of hydrogen-bond donors (Lipinski definition) is 3. The molecule has 23 heavy (non-hydrogen) atoms. The Bertz CT molecular complexity index is 670. The van der Waals surface area contributed by atoms with Crippen molar-refractivity contribution in [1.29, 1.82) is 0 Å². The average molecular weight is 330 g/mol. The number of aliphatic hydroxyl groups is 2. The molecule has 0 unspecified atom stereocenters. The van der Waals surface area contributed by atoms with Gasteiger partial charge in [-0.25, -0.2) is 0 Å². The fraction of sp³-hybridized carbons (Fsp3) is 0.316. The van der Waals surface area contributed by atoms with Crippen molar-refractivity contribution in [1.82, 2.24) is 0 Å². The first-order valence-corrected chi connectivity index (χ1v) is 8.60. The Morgan fingerprint density at radius 1 is 1.17 bits per heavy atom. The number of aliphatic hydroxyl groups excluding tert-OH is 2. The van der Waals surface area contributed by atoms with Crippen molar-refractivity contribution in [2.45, 2.75) is 38.4 Å². The van der Waals surface area contributed by atoms with E-state index in [9.17, 15) is 15.3 Å². The largest absolute Gasteiger partial charge is 0.508 e. The quantitative estimate of drug-likeness (QED) is 0.655. The van der Waals surface area contributed by atoms with Crippen molar-refractivity contribution in [2.75, 3.05) is 0 Å². The molecule has 1 aromatic heterocycles. The van der Waals surface area contributed by atoms with E-state index in [1.54, 1.807) is 41.7 Å². The van der Waals surface area contributed by atoms with Crippen LogP contribution in [0.15, 0.2) is 59.2 Å². The van der Waals surface area contributed by atoms with E-state index >= 15 is 0 Å². The van der Waals surface area contributed by atoms with E-state index in [-0.39, 0.29) is 5.75 Å². The predicted octanol–water partition coefficient (Wildman–Crippen LogP) is 4.49. The Kier molecular flexibility index (Phi) is 6.63. The summed E-state index contributed by atoms with van der Waals surface area (Å²) in [6.07, 6.45) is 2.22. The van der Waals surface area contributed by atoms with Gasteiger partial charge in [0, 0.05) is 23.3 Å².